The van der Waals surface area contributed by atoms with E-state index in [4.69, 9.17) is 11.6 Å². The second kappa shape index (κ2) is 5.57. The van der Waals surface area contributed by atoms with Crippen molar-refractivity contribution >= 4 is 21.6 Å². The molecule has 1 unspecified atom stereocenters. The van der Waals surface area contributed by atoms with Gasteiger partial charge in [0.15, 0.2) is 0 Å². The molecule has 1 fully saturated rings. The van der Waals surface area contributed by atoms with Crippen LogP contribution in [0.2, 0.25) is 5.02 Å². The van der Waals surface area contributed by atoms with Crippen LogP contribution in [0.25, 0.3) is 0 Å². The average Bonchev–Trinajstić information content (AvgIpc) is 2.79. The SMILES string of the molecule is CNCC1CCN(S(=O)(=O)c2cccc(Cl)c2)C1. The molecule has 1 atom stereocenters. The molecule has 0 amide bonds. The summed E-state index contributed by atoms with van der Waals surface area (Å²) < 4.78 is 26.3. The van der Waals surface area contributed by atoms with Gasteiger partial charge in [-0.25, -0.2) is 8.42 Å². The summed E-state index contributed by atoms with van der Waals surface area (Å²) in [6, 6.07) is 6.43. The molecule has 0 radical (unpaired) electrons. The van der Waals surface area contributed by atoms with Crippen LogP contribution in [0, 0.1) is 5.92 Å². The van der Waals surface area contributed by atoms with Gasteiger partial charge >= 0.3 is 0 Å². The molecule has 0 aliphatic carbocycles. The molecule has 0 spiro atoms. The molecule has 1 aliphatic rings. The average molecular weight is 289 g/mol. The number of nitrogens with one attached hydrogen (secondary N) is 1. The molecule has 1 aliphatic heterocycles. The van der Waals surface area contributed by atoms with Crippen molar-refractivity contribution in [3.05, 3.63) is 29.3 Å². The lowest BCUT2D eigenvalue weighted by molar-refractivity contribution is 0.451. The van der Waals surface area contributed by atoms with Gasteiger partial charge in [-0.1, -0.05) is 17.7 Å². The standard InChI is InChI=1S/C12H17ClN2O2S/c1-14-8-10-5-6-15(9-10)18(16,17)12-4-2-3-11(13)7-12/h2-4,7,10,14H,5-6,8-9H2,1H3. The molecule has 100 valence electrons. The Labute approximate surface area is 113 Å². The van der Waals surface area contributed by atoms with Gasteiger partial charge in [-0.3, -0.25) is 0 Å². The number of hydrogen-bond acceptors (Lipinski definition) is 3. The fourth-order valence-electron chi connectivity index (χ4n) is 2.25. The van der Waals surface area contributed by atoms with Crippen LogP contribution in [-0.2, 0) is 10.0 Å². The van der Waals surface area contributed by atoms with Crippen LogP contribution in [-0.4, -0.2) is 39.4 Å². The molecule has 1 aromatic carbocycles. The van der Waals surface area contributed by atoms with Gasteiger partial charge in [0.05, 0.1) is 4.90 Å². The minimum atomic E-state index is -3.39. The third-order valence-corrected chi connectivity index (χ3v) is 5.27. The third-order valence-electron chi connectivity index (χ3n) is 3.18. The van der Waals surface area contributed by atoms with Crippen molar-refractivity contribution in [1.82, 2.24) is 9.62 Å². The number of nitrogens with zero attached hydrogens (tertiary/aromatic N) is 1. The molecule has 0 bridgehead atoms. The summed E-state index contributed by atoms with van der Waals surface area (Å²) in [7, 11) is -1.51. The first-order valence-electron chi connectivity index (χ1n) is 5.94. The Morgan fingerprint density at radius 3 is 2.94 bits per heavy atom. The number of hydrogen-bond donors (Lipinski definition) is 1. The van der Waals surface area contributed by atoms with Crippen LogP contribution in [0.3, 0.4) is 0 Å². The number of halogens is 1. The first-order chi connectivity index (χ1) is 8.54. The van der Waals surface area contributed by atoms with Gasteiger partial charge < -0.3 is 5.32 Å². The highest BCUT2D eigenvalue weighted by Gasteiger charge is 2.32. The Morgan fingerprint density at radius 2 is 2.28 bits per heavy atom. The van der Waals surface area contributed by atoms with Crippen molar-refractivity contribution in [1.29, 1.82) is 0 Å². The maximum Gasteiger partial charge on any atom is 0.243 e. The van der Waals surface area contributed by atoms with Crippen molar-refractivity contribution < 1.29 is 8.42 Å². The molecule has 1 aromatic rings. The maximum atomic E-state index is 12.4. The van der Waals surface area contributed by atoms with Crippen LogP contribution in [0.5, 0.6) is 0 Å². The first-order valence-corrected chi connectivity index (χ1v) is 7.76. The highest BCUT2D eigenvalue weighted by Crippen LogP contribution is 2.25. The third kappa shape index (κ3) is 2.85. The van der Waals surface area contributed by atoms with Gasteiger partial charge in [0.25, 0.3) is 0 Å². The minimum absolute atomic E-state index is 0.278. The van der Waals surface area contributed by atoms with Crippen molar-refractivity contribution in [2.75, 3.05) is 26.7 Å². The molecule has 2 rings (SSSR count). The van der Waals surface area contributed by atoms with Gasteiger partial charge in [-0.2, -0.15) is 4.31 Å². The van der Waals surface area contributed by atoms with Gasteiger partial charge in [0.1, 0.15) is 0 Å². The zero-order valence-electron chi connectivity index (χ0n) is 10.3. The predicted molar refractivity (Wildman–Crippen MR) is 72.2 cm³/mol. The number of benzene rings is 1. The molecule has 0 saturated carbocycles. The smallest absolute Gasteiger partial charge is 0.243 e. The van der Waals surface area contributed by atoms with E-state index >= 15 is 0 Å². The van der Waals surface area contributed by atoms with Crippen molar-refractivity contribution in [3.63, 3.8) is 0 Å². The Bertz CT molecular complexity index is 519. The monoisotopic (exact) mass is 288 g/mol. The fraction of sp³-hybridized carbons (Fsp3) is 0.500. The zero-order chi connectivity index (χ0) is 13.2. The van der Waals surface area contributed by atoms with E-state index < -0.39 is 10.0 Å². The van der Waals surface area contributed by atoms with E-state index in [9.17, 15) is 8.42 Å². The van der Waals surface area contributed by atoms with E-state index in [2.05, 4.69) is 5.32 Å². The van der Waals surface area contributed by atoms with E-state index in [0.717, 1.165) is 13.0 Å². The zero-order valence-corrected chi connectivity index (χ0v) is 11.8. The summed E-state index contributed by atoms with van der Waals surface area (Å²) >= 11 is 5.84. The molecular formula is C12H17ClN2O2S. The van der Waals surface area contributed by atoms with Crippen molar-refractivity contribution in [2.45, 2.75) is 11.3 Å². The Kier molecular flexibility index (Phi) is 4.27. The maximum absolute atomic E-state index is 12.4. The Morgan fingerprint density at radius 1 is 1.50 bits per heavy atom. The molecule has 1 heterocycles. The van der Waals surface area contributed by atoms with Gasteiger partial charge in [-0.05, 0) is 44.1 Å². The lowest BCUT2D eigenvalue weighted by Crippen LogP contribution is -2.30. The van der Waals surface area contributed by atoms with Gasteiger partial charge in [-0.15, -0.1) is 0 Å². The normalized spacial score (nSPS) is 21.3. The molecule has 0 aromatic heterocycles. The highest BCUT2D eigenvalue weighted by molar-refractivity contribution is 7.89. The van der Waals surface area contributed by atoms with E-state index in [1.807, 2.05) is 7.05 Å². The molecular weight excluding hydrogens is 272 g/mol. The molecule has 18 heavy (non-hydrogen) atoms. The van der Waals surface area contributed by atoms with Crippen LogP contribution in [0.1, 0.15) is 6.42 Å². The van der Waals surface area contributed by atoms with E-state index in [0.29, 0.717) is 24.0 Å². The van der Waals surface area contributed by atoms with Crippen LogP contribution < -0.4 is 5.32 Å². The largest absolute Gasteiger partial charge is 0.319 e. The molecule has 6 heteroatoms. The highest BCUT2D eigenvalue weighted by atomic mass is 35.5. The lowest BCUT2D eigenvalue weighted by Gasteiger charge is -2.16. The first kappa shape index (κ1) is 13.8. The summed E-state index contributed by atoms with van der Waals surface area (Å²) in [6.45, 7) is 2.01. The van der Waals surface area contributed by atoms with E-state index in [1.165, 1.54) is 6.07 Å². The van der Waals surface area contributed by atoms with Gasteiger partial charge in [0.2, 0.25) is 10.0 Å². The minimum Gasteiger partial charge on any atom is -0.319 e. The van der Waals surface area contributed by atoms with E-state index in [1.54, 1.807) is 22.5 Å². The van der Waals surface area contributed by atoms with Gasteiger partial charge in [0, 0.05) is 18.1 Å². The molecule has 4 nitrogen and oxygen atoms in total. The van der Waals surface area contributed by atoms with Crippen LogP contribution in [0.4, 0.5) is 0 Å². The second-order valence-corrected chi connectivity index (χ2v) is 6.91. The summed E-state index contributed by atoms with van der Waals surface area (Å²) in [4.78, 5) is 0.278. The quantitative estimate of drug-likeness (QED) is 0.915. The number of sulfonamides is 1. The Hall–Kier alpha value is -0.620. The molecule has 1 saturated heterocycles. The van der Waals surface area contributed by atoms with Crippen molar-refractivity contribution in [3.8, 4) is 0 Å². The number of rotatable bonds is 4. The second-order valence-electron chi connectivity index (χ2n) is 4.53. The summed E-state index contributed by atoms with van der Waals surface area (Å²) in [5.41, 5.74) is 0. The topological polar surface area (TPSA) is 49.4 Å². The van der Waals surface area contributed by atoms with Crippen molar-refractivity contribution in [2.24, 2.45) is 5.92 Å². The van der Waals surface area contributed by atoms with E-state index in [-0.39, 0.29) is 4.90 Å². The van der Waals surface area contributed by atoms with Crippen LogP contribution >= 0.6 is 11.6 Å². The summed E-state index contributed by atoms with van der Waals surface area (Å²) in [6.07, 6.45) is 0.903. The fourth-order valence-corrected chi connectivity index (χ4v) is 4.08. The van der Waals surface area contributed by atoms with Crippen LogP contribution in [0.15, 0.2) is 29.2 Å². The summed E-state index contributed by atoms with van der Waals surface area (Å²) in [5, 5.41) is 3.53. The summed E-state index contributed by atoms with van der Waals surface area (Å²) in [5.74, 6) is 0.393. The lowest BCUT2D eigenvalue weighted by atomic mass is 10.1. The Balaban J connectivity index is 2.18. The predicted octanol–water partition coefficient (Wildman–Crippen LogP) is 1.57. The molecule has 1 N–H and O–H groups in total.